The SMILES string of the molecule is CNC(=O)[C@]1(c2ccccn2)CCCN(C(=O)c2ccc(C)c(NCc3ccncc3)c2)C1. The highest BCUT2D eigenvalue weighted by molar-refractivity contribution is 5.96. The number of amides is 2. The van der Waals surface area contributed by atoms with E-state index in [-0.39, 0.29) is 11.8 Å². The van der Waals surface area contributed by atoms with Crippen LogP contribution in [-0.2, 0) is 16.8 Å². The number of pyridine rings is 2. The highest BCUT2D eigenvalue weighted by atomic mass is 16.2. The van der Waals surface area contributed by atoms with Crippen molar-refractivity contribution in [2.45, 2.75) is 31.7 Å². The van der Waals surface area contributed by atoms with Crippen LogP contribution in [-0.4, -0.2) is 46.8 Å². The Kier molecular flexibility index (Phi) is 6.68. The number of nitrogens with one attached hydrogen (secondary N) is 2. The van der Waals surface area contributed by atoms with Crippen molar-refractivity contribution in [3.05, 3.63) is 89.5 Å². The predicted molar refractivity (Wildman–Crippen MR) is 128 cm³/mol. The van der Waals surface area contributed by atoms with Gasteiger partial charge in [0.05, 0.1) is 5.69 Å². The minimum atomic E-state index is -0.850. The molecule has 1 aliphatic rings. The Balaban J connectivity index is 1.56. The number of aromatic nitrogens is 2. The molecule has 7 nitrogen and oxygen atoms in total. The third-order valence-electron chi connectivity index (χ3n) is 6.31. The second kappa shape index (κ2) is 9.81. The van der Waals surface area contributed by atoms with E-state index in [2.05, 4.69) is 20.6 Å². The highest BCUT2D eigenvalue weighted by Gasteiger charge is 2.45. The van der Waals surface area contributed by atoms with Gasteiger partial charge in [0.25, 0.3) is 5.91 Å². The Labute approximate surface area is 194 Å². The quantitative estimate of drug-likeness (QED) is 0.610. The molecule has 1 aliphatic heterocycles. The molecule has 0 saturated carbocycles. The van der Waals surface area contributed by atoms with E-state index in [9.17, 15) is 9.59 Å². The maximum Gasteiger partial charge on any atom is 0.253 e. The number of carbonyl (C=O) groups excluding carboxylic acids is 2. The first kappa shape index (κ1) is 22.5. The summed E-state index contributed by atoms with van der Waals surface area (Å²) in [6.07, 6.45) is 6.61. The molecule has 0 aliphatic carbocycles. The average molecular weight is 444 g/mol. The fourth-order valence-corrected chi connectivity index (χ4v) is 4.45. The molecule has 33 heavy (non-hydrogen) atoms. The standard InChI is InChI=1S/C26H29N5O2/c1-19-7-8-21(16-22(19)30-17-20-9-13-28-14-10-20)24(32)31-15-5-11-26(18-31,25(33)27-2)23-6-3-4-12-29-23/h3-4,6-10,12-14,16,30H,5,11,15,17-18H2,1-2H3,(H,27,33)/t26-/m1/s1. The molecule has 2 amide bonds. The van der Waals surface area contributed by atoms with Crippen LogP contribution in [0.25, 0.3) is 0 Å². The summed E-state index contributed by atoms with van der Waals surface area (Å²) in [6, 6.07) is 15.2. The normalized spacial score (nSPS) is 17.9. The van der Waals surface area contributed by atoms with Crippen LogP contribution < -0.4 is 10.6 Å². The summed E-state index contributed by atoms with van der Waals surface area (Å²) >= 11 is 0. The van der Waals surface area contributed by atoms with Gasteiger partial charge in [-0.05, 0) is 67.3 Å². The smallest absolute Gasteiger partial charge is 0.253 e. The molecule has 3 aromatic rings. The summed E-state index contributed by atoms with van der Waals surface area (Å²) in [6.45, 7) is 3.57. The molecular weight excluding hydrogens is 414 g/mol. The molecule has 0 radical (unpaired) electrons. The molecule has 1 aromatic carbocycles. The molecular formula is C26H29N5O2. The highest BCUT2D eigenvalue weighted by Crippen LogP contribution is 2.34. The lowest BCUT2D eigenvalue weighted by Gasteiger charge is -2.41. The second-order valence-corrected chi connectivity index (χ2v) is 8.45. The van der Waals surface area contributed by atoms with Gasteiger partial charge in [-0.15, -0.1) is 0 Å². The summed E-state index contributed by atoms with van der Waals surface area (Å²) in [4.78, 5) is 36.8. The van der Waals surface area contributed by atoms with Gasteiger partial charge >= 0.3 is 0 Å². The van der Waals surface area contributed by atoms with Gasteiger partial charge in [-0.25, -0.2) is 0 Å². The van der Waals surface area contributed by atoms with Gasteiger partial charge in [0.2, 0.25) is 5.91 Å². The lowest BCUT2D eigenvalue weighted by atomic mass is 9.75. The van der Waals surface area contributed by atoms with Crippen molar-refractivity contribution in [2.75, 3.05) is 25.5 Å². The van der Waals surface area contributed by atoms with Crippen molar-refractivity contribution in [3.8, 4) is 0 Å². The minimum absolute atomic E-state index is 0.0779. The summed E-state index contributed by atoms with van der Waals surface area (Å²) < 4.78 is 0. The number of likely N-dealkylation sites (tertiary alicyclic amines) is 1. The number of piperidine rings is 1. The first-order valence-corrected chi connectivity index (χ1v) is 11.2. The Bertz CT molecular complexity index is 1120. The minimum Gasteiger partial charge on any atom is -0.381 e. The number of likely N-dealkylation sites (N-methyl/N-ethyl adjacent to an activating group) is 1. The number of hydrogen-bond acceptors (Lipinski definition) is 5. The van der Waals surface area contributed by atoms with E-state index in [1.807, 2.05) is 55.5 Å². The van der Waals surface area contributed by atoms with E-state index in [0.717, 1.165) is 23.2 Å². The summed E-state index contributed by atoms with van der Waals surface area (Å²) in [5.41, 5.74) is 3.54. The van der Waals surface area contributed by atoms with Gasteiger partial charge in [-0.2, -0.15) is 0 Å². The largest absolute Gasteiger partial charge is 0.381 e. The first-order chi connectivity index (χ1) is 16.0. The Morgan fingerprint density at radius 1 is 1.09 bits per heavy atom. The van der Waals surface area contributed by atoms with Crippen molar-refractivity contribution >= 4 is 17.5 Å². The van der Waals surface area contributed by atoms with Crippen LogP contribution in [0.2, 0.25) is 0 Å². The zero-order valence-corrected chi connectivity index (χ0v) is 19.0. The number of carbonyl (C=O) groups is 2. The molecule has 7 heteroatoms. The number of benzene rings is 1. The Morgan fingerprint density at radius 2 is 1.91 bits per heavy atom. The van der Waals surface area contributed by atoms with Crippen molar-refractivity contribution in [3.63, 3.8) is 0 Å². The molecule has 2 aromatic heterocycles. The molecule has 170 valence electrons. The molecule has 1 fully saturated rings. The molecule has 0 spiro atoms. The van der Waals surface area contributed by atoms with Crippen molar-refractivity contribution < 1.29 is 9.59 Å². The lowest BCUT2D eigenvalue weighted by molar-refractivity contribution is -0.128. The number of anilines is 1. The summed E-state index contributed by atoms with van der Waals surface area (Å²) in [7, 11) is 1.63. The zero-order chi connectivity index (χ0) is 23.3. The monoisotopic (exact) mass is 443 g/mol. The van der Waals surface area contributed by atoms with Crippen molar-refractivity contribution in [1.29, 1.82) is 0 Å². The maximum atomic E-state index is 13.5. The summed E-state index contributed by atoms with van der Waals surface area (Å²) in [5.74, 6) is -0.187. The Hall–Kier alpha value is -3.74. The van der Waals surface area contributed by atoms with Gasteiger partial charge in [-0.1, -0.05) is 12.1 Å². The van der Waals surface area contributed by atoms with Gasteiger partial charge in [0.15, 0.2) is 0 Å². The van der Waals surface area contributed by atoms with Gasteiger partial charge in [0, 0.05) is 56.5 Å². The van der Waals surface area contributed by atoms with E-state index < -0.39 is 5.41 Å². The second-order valence-electron chi connectivity index (χ2n) is 8.45. The summed E-state index contributed by atoms with van der Waals surface area (Å²) in [5, 5.41) is 6.22. The number of aryl methyl sites for hydroxylation is 1. The van der Waals surface area contributed by atoms with Crippen molar-refractivity contribution in [2.24, 2.45) is 0 Å². The maximum absolute atomic E-state index is 13.5. The van der Waals surface area contributed by atoms with Gasteiger partial charge in [0.1, 0.15) is 5.41 Å². The van der Waals surface area contributed by atoms with Crippen LogP contribution in [0.4, 0.5) is 5.69 Å². The zero-order valence-electron chi connectivity index (χ0n) is 19.0. The van der Waals surface area contributed by atoms with Crippen molar-refractivity contribution in [1.82, 2.24) is 20.2 Å². The first-order valence-electron chi connectivity index (χ1n) is 11.2. The molecule has 3 heterocycles. The average Bonchev–Trinajstić information content (AvgIpc) is 2.88. The van der Waals surface area contributed by atoms with Crippen LogP contribution in [0, 0.1) is 6.92 Å². The molecule has 1 saturated heterocycles. The van der Waals surface area contributed by atoms with Crippen LogP contribution >= 0.6 is 0 Å². The fraction of sp³-hybridized carbons (Fsp3) is 0.308. The van der Waals surface area contributed by atoms with E-state index in [0.29, 0.717) is 37.3 Å². The van der Waals surface area contributed by atoms with E-state index in [1.54, 1.807) is 30.5 Å². The van der Waals surface area contributed by atoms with Crippen LogP contribution in [0.1, 0.15) is 40.0 Å². The molecule has 0 bridgehead atoms. The third-order valence-corrected chi connectivity index (χ3v) is 6.31. The van der Waals surface area contributed by atoms with Crippen LogP contribution in [0.5, 0.6) is 0 Å². The van der Waals surface area contributed by atoms with Gasteiger partial charge in [-0.3, -0.25) is 19.6 Å². The van der Waals surface area contributed by atoms with Crippen LogP contribution in [0.3, 0.4) is 0 Å². The predicted octanol–water partition coefficient (Wildman–Crippen LogP) is 3.32. The molecule has 1 atom stereocenters. The molecule has 4 rings (SSSR count). The third kappa shape index (κ3) is 4.72. The fourth-order valence-electron chi connectivity index (χ4n) is 4.45. The number of hydrogen-bond donors (Lipinski definition) is 2. The Morgan fingerprint density at radius 3 is 2.64 bits per heavy atom. The van der Waals surface area contributed by atoms with E-state index in [1.165, 1.54) is 0 Å². The topological polar surface area (TPSA) is 87.2 Å². The molecule has 2 N–H and O–H groups in total. The van der Waals surface area contributed by atoms with E-state index >= 15 is 0 Å². The number of rotatable bonds is 6. The van der Waals surface area contributed by atoms with E-state index in [4.69, 9.17) is 0 Å². The lowest BCUT2D eigenvalue weighted by Crippen LogP contribution is -2.56. The van der Waals surface area contributed by atoms with Crippen LogP contribution in [0.15, 0.2) is 67.1 Å². The molecule has 0 unspecified atom stereocenters. The number of nitrogens with zero attached hydrogens (tertiary/aromatic N) is 3. The van der Waals surface area contributed by atoms with Gasteiger partial charge < -0.3 is 15.5 Å².